The minimum atomic E-state index is -0.0482. The molecule has 2 atom stereocenters. The molecule has 1 aliphatic carbocycles. The van der Waals surface area contributed by atoms with Crippen molar-refractivity contribution in [1.82, 2.24) is 20.2 Å². The summed E-state index contributed by atoms with van der Waals surface area (Å²) in [5.74, 6) is 1.35. The largest absolute Gasteiger partial charge is 0.352 e. The molecule has 148 valence electrons. The summed E-state index contributed by atoms with van der Waals surface area (Å²) in [7, 11) is 0. The van der Waals surface area contributed by atoms with Crippen LogP contribution in [0, 0.1) is 5.92 Å². The maximum atomic E-state index is 12.6. The molecule has 1 amide bonds. The van der Waals surface area contributed by atoms with Gasteiger partial charge in [0.1, 0.15) is 0 Å². The van der Waals surface area contributed by atoms with Crippen LogP contribution in [0.2, 0.25) is 0 Å². The van der Waals surface area contributed by atoms with Crippen LogP contribution in [0.4, 0.5) is 5.95 Å². The Hall–Kier alpha value is -1.89. The normalized spacial score (nSPS) is 26.0. The standard InChI is InChI=1S/C20H31N5O2/c1-14-6-2-3-7-16(14)21-18(26)13-24-11-8-17-15(12-24)19(27)23-20(22-17)25-9-4-5-10-25/h14,16H,2-13H2,1H3,(H,21,26)(H,22,23,27)/t14-,16+/m1/s1. The molecule has 2 fully saturated rings. The fourth-order valence-corrected chi connectivity index (χ4v) is 4.67. The van der Waals surface area contributed by atoms with Crippen LogP contribution in [0.15, 0.2) is 4.79 Å². The molecule has 3 aliphatic rings. The van der Waals surface area contributed by atoms with E-state index in [1.807, 2.05) is 0 Å². The highest BCUT2D eigenvalue weighted by molar-refractivity contribution is 5.78. The van der Waals surface area contributed by atoms with E-state index in [1.165, 1.54) is 19.3 Å². The molecule has 1 saturated carbocycles. The quantitative estimate of drug-likeness (QED) is 0.834. The van der Waals surface area contributed by atoms with Gasteiger partial charge in [0.15, 0.2) is 0 Å². The fourth-order valence-electron chi connectivity index (χ4n) is 4.67. The first-order chi connectivity index (χ1) is 13.1. The van der Waals surface area contributed by atoms with Gasteiger partial charge in [0.2, 0.25) is 11.9 Å². The van der Waals surface area contributed by atoms with Gasteiger partial charge in [-0.1, -0.05) is 19.8 Å². The molecular formula is C20H31N5O2. The molecule has 0 aromatic carbocycles. The van der Waals surface area contributed by atoms with Gasteiger partial charge in [0, 0.05) is 38.6 Å². The first kappa shape index (κ1) is 18.5. The fraction of sp³-hybridized carbons (Fsp3) is 0.750. The molecule has 1 aromatic rings. The summed E-state index contributed by atoms with van der Waals surface area (Å²) in [6, 6.07) is 0.302. The van der Waals surface area contributed by atoms with Crippen LogP contribution in [0.5, 0.6) is 0 Å². The van der Waals surface area contributed by atoms with E-state index >= 15 is 0 Å². The molecule has 7 heteroatoms. The molecule has 0 bridgehead atoms. The van der Waals surface area contributed by atoms with Crippen LogP contribution in [0.25, 0.3) is 0 Å². The Kier molecular flexibility index (Phi) is 5.48. The van der Waals surface area contributed by atoms with Crippen molar-refractivity contribution >= 4 is 11.9 Å². The number of nitrogens with zero attached hydrogens (tertiary/aromatic N) is 3. The third kappa shape index (κ3) is 4.18. The number of rotatable bonds is 4. The number of amides is 1. The number of fused-ring (bicyclic) bond motifs is 1. The number of nitrogens with one attached hydrogen (secondary N) is 2. The number of aromatic nitrogens is 2. The van der Waals surface area contributed by atoms with Crippen molar-refractivity contribution < 1.29 is 4.79 Å². The Morgan fingerprint density at radius 2 is 1.96 bits per heavy atom. The topological polar surface area (TPSA) is 81.3 Å². The van der Waals surface area contributed by atoms with Crippen molar-refractivity contribution in [3.63, 3.8) is 0 Å². The Labute approximate surface area is 160 Å². The van der Waals surface area contributed by atoms with E-state index in [9.17, 15) is 9.59 Å². The molecule has 2 aliphatic heterocycles. The second-order valence-electron chi connectivity index (χ2n) is 8.41. The molecule has 1 aromatic heterocycles. The molecule has 3 heterocycles. The number of aromatic amines is 1. The van der Waals surface area contributed by atoms with Crippen molar-refractivity contribution in [3.8, 4) is 0 Å². The van der Waals surface area contributed by atoms with Gasteiger partial charge in [-0.15, -0.1) is 0 Å². The van der Waals surface area contributed by atoms with E-state index in [4.69, 9.17) is 4.98 Å². The SMILES string of the molecule is C[C@@H]1CCCC[C@@H]1NC(=O)CN1CCc2nc(N3CCCC3)[nH]c(=O)c2C1. The Morgan fingerprint density at radius 1 is 1.19 bits per heavy atom. The first-order valence-corrected chi connectivity index (χ1v) is 10.5. The van der Waals surface area contributed by atoms with Gasteiger partial charge in [-0.2, -0.15) is 0 Å². The zero-order valence-corrected chi connectivity index (χ0v) is 16.3. The minimum absolute atomic E-state index is 0.0482. The third-order valence-corrected chi connectivity index (χ3v) is 6.37. The molecule has 2 N–H and O–H groups in total. The van der Waals surface area contributed by atoms with E-state index in [2.05, 4.69) is 27.0 Å². The number of hydrogen-bond donors (Lipinski definition) is 2. The molecule has 27 heavy (non-hydrogen) atoms. The molecular weight excluding hydrogens is 342 g/mol. The maximum absolute atomic E-state index is 12.6. The van der Waals surface area contributed by atoms with E-state index in [0.29, 0.717) is 31.0 Å². The van der Waals surface area contributed by atoms with Gasteiger partial charge in [0.25, 0.3) is 5.56 Å². The molecule has 0 unspecified atom stereocenters. The molecule has 0 spiro atoms. The number of anilines is 1. The molecule has 4 rings (SSSR count). The van der Waals surface area contributed by atoms with Crippen molar-refractivity contribution in [2.75, 3.05) is 31.1 Å². The van der Waals surface area contributed by atoms with Crippen molar-refractivity contribution in [2.45, 2.75) is 64.5 Å². The van der Waals surface area contributed by atoms with Crippen molar-refractivity contribution in [1.29, 1.82) is 0 Å². The smallest absolute Gasteiger partial charge is 0.257 e. The number of hydrogen-bond acceptors (Lipinski definition) is 5. The van der Waals surface area contributed by atoms with Gasteiger partial charge < -0.3 is 10.2 Å². The number of carbonyl (C=O) groups is 1. The van der Waals surface area contributed by atoms with Crippen LogP contribution >= 0.6 is 0 Å². The average molecular weight is 374 g/mol. The summed E-state index contributed by atoms with van der Waals surface area (Å²) in [4.78, 5) is 37.0. The van der Waals surface area contributed by atoms with Crippen molar-refractivity contribution in [2.24, 2.45) is 5.92 Å². The van der Waals surface area contributed by atoms with Crippen molar-refractivity contribution in [3.05, 3.63) is 21.6 Å². The van der Waals surface area contributed by atoms with E-state index < -0.39 is 0 Å². The predicted molar refractivity (Wildman–Crippen MR) is 105 cm³/mol. The highest BCUT2D eigenvalue weighted by Crippen LogP contribution is 2.24. The summed E-state index contributed by atoms with van der Waals surface area (Å²) in [6.07, 6.45) is 7.79. The zero-order valence-electron chi connectivity index (χ0n) is 16.3. The van der Waals surface area contributed by atoms with E-state index in [-0.39, 0.29) is 11.5 Å². The Bertz CT molecular complexity index is 740. The third-order valence-electron chi connectivity index (χ3n) is 6.37. The minimum Gasteiger partial charge on any atom is -0.352 e. The summed E-state index contributed by atoms with van der Waals surface area (Å²) in [5, 5.41) is 3.21. The summed E-state index contributed by atoms with van der Waals surface area (Å²) in [5.41, 5.74) is 1.58. The highest BCUT2D eigenvalue weighted by Gasteiger charge is 2.27. The van der Waals surface area contributed by atoms with Gasteiger partial charge >= 0.3 is 0 Å². The molecule has 1 saturated heterocycles. The Balaban J connectivity index is 1.38. The average Bonchev–Trinajstić information content (AvgIpc) is 3.19. The van der Waals surface area contributed by atoms with Crippen LogP contribution in [-0.4, -0.2) is 53.0 Å². The van der Waals surface area contributed by atoms with Crippen LogP contribution in [0.3, 0.4) is 0 Å². The predicted octanol–water partition coefficient (Wildman–Crippen LogP) is 1.42. The molecule has 7 nitrogen and oxygen atoms in total. The highest BCUT2D eigenvalue weighted by atomic mass is 16.2. The number of H-pyrrole nitrogens is 1. The van der Waals surface area contributed by atoms with Gasteiger partial charge in [0.05, 0.1) is 17.8 Å². The lowest BCUT2D eigenvalue weighted by Gasteiger charge is -2.32. The Morgan fingerprint density at radius 3 is 2.74 bits per heavy atom. The monoisotopic (exact) mass is 373 g/mol. The summed E-state index contributed by atoms with van der Waals surface area (Å²) in [6.45, 7) is 5.80. The molecule has 0 radical (unpaired) electrons. The lowest BCUT2D eigenvalue weighted by molar-refractivity contribution is -0.123. The number of carbonyl (C=O) groups excluding carboxylic acids is 1. The zero-order chi connectivity index (χ0) is 18.8. The van der Waals surface area contributed by atoms with Crippen LogP contribution in [0.1, 0.15) is 56.7 Å². The van der Waals surface area contributed by atoms with Crippen LogP contribution in [-0.2, 0) is 17.8 Å². The van der Waals surface area contributed by atoms with E-state index in [0.717, 1.165) is 56.6 Å². The lowest BCUT2D eigenvalue weighted by Crippen LogP contribution is -2.47. The summed E-state index contributed by atoms with van der Waals surface area (Å²) >= 11 is 0. The van der Waals surface area contributed by atoms with Crippen LogP contribution < -0.4 is 15.8 Å². The van der Waals surface area contributed by atoms with Gasteiger partial charge in [-0.05, 0) is 31.6 Å². The first-order valence-electron chi connectivity index (χ1n) is 10.5. The van der Waals surface area contributed by atoms with Gasteiger partial charge in [-0.3, -0.25) is 19.5 Å². The van der Waals surface area contributed by atoms with E-state index in [1.54, 1.807) is 0 Å². The van der Waals surface area contributed by atoms with Gasteiger partial charge in [-0.25, -0.2) is 4.98 Å². The lowest BCUT2D eigenvalue weighted by atomic mass is 9.86. The summed E-state index contributed by atoms with van der Waals surface area (Å²) < 4.78 is 0. The second-order valence-corrected chi connectivity index (χ2v) is 8.41. The second kappa shape index (κ2) is 8.00. The maximum Gasteiger partial charge on any atom is 0.257 e.